The van der Waals surface area contributed by atoms with Crippen LogP contribution in [0, 0.1) is 0 Å². The molecule has 4 aromatic carbocycles. The Labute approximate surface area is 212 Å². The molecule has 0 unspecified atom stereocenters. The molecule has 0 fully saturated rings. The van der Waals surface area contributed by atoms with Crippen LogP contribution >= 0.6 is 46.4 Å². The van der Waals surface area contributed by atoms with Crippen molar-refractivity contribution in [3.8, 4) is 17.2 Å². The van der Waals surface area contributed by atoms with Crippen molar-refractivity contribution in [1.29, 1.82) is 0 Å². The van der Waals surface area contributed by atoms with E-state index in [1.165, 1.54) is 0 Å². The fraction of sp³-hybridized carbons (Fsp3) is 0.0769. The Hall–Kier alpha value is -2.56. The largest absolute Gasteiger partial charge is 0.487 e. The molecule has 33 heavy (non-hydrogen) atoms. The van der Waals surface area contributed by atoms with E-state index in [2.05, 4.69) is 5.32 Å². The smallest absolute Gasteiger partial charge is 0.143 e. The highest BCUT2D eigenvalue weighted by molar-refractivity contribution is 6.36. The highest BCUT2D eigenvalue weighted by atomic mass is 35.5. The van der Waals surface area contributed by atoms with Crippen molar-refractivity contribution >= 4 is 52.1 Å². The summed E-state index contributed by atoms with van der Waals surface area (Å²) >= 11 is 24.9. The van der Waals surface area contributed by atoms with Crippen molar-refractivity contribution in [3.05, 3.63) is 116 Å². The maximum Gasteiger partial charge on any atom is 0.143 e. The molecule has 0 atom stereocenters. The van der Waals surface area contributed by atoms with E-state index in [0.717, 1.165) is 28.3 Å². The summed E-state index contributed by atoms with van der Waals surface area (Å²) in [5, 5.41) is 5.42. The number of anilines is 1. The zero-order valence-corrected chi connectivity index (χ0v) is 20.3. The topological polar surface area (TPSA) is 30.5 Å². The van der Waals surface area contributed by atoms with E-state index in [1.807, 2.05) is 66.7 Å². The summed E-state index contributed by atoms with van der Waals surface area (Å²) in [6.45, 7) is 0.707. The number of halogens is 4. The van der Waals surface area contributed by atoms with Gasteiger partial charge in [0.05, 0.1) is 5.02 Å². The molecule has 0 bridgehead atoms. The van der Waals surface area contributed by atoms with Gasteiger partial charge in [0.15, 0.2) is 0 Å². The van der Waals surface area contributed by atoms with Crippen molar-refractivity contribution in [2.75, 3.05) is 5.32 Å². The van der Waals surface area contributed by atoms with Gasteiger partial charge in [0.25, 0.3) is 0 Å². The van der Waals surface area contributed by atoms with E-state index < -0.39 is 0 Å². The lowest BCUT2D eigenvalue weighted by molar-refractivity contribution is 0.303. The van der Waals surface area contributed by atoms with Crippen LogP contribution in [0.25, 0.3) is 0 Å². The fourth-order valence-corrected chi connectivity index (χ4v) is 4.21. The van der Waals surface area contributed by atoms with E-state index in [4.69, 9.17) is 55.9 Å². The first kappa shape index (κ1) is 23.6. The van der Waals surface area contributed by atoms with Gasteiger partial charge in [0, 0.05) is 38.4 Å². The van der Waals surface area contributed by atoms with Gasteiger partial charge in [-0.15, -0.1) is 0 Å². The Kier molecular flexibility index (Phi) is 7.89. The van der Waals surface area contributed by atoms with Crippen molar-refractivity contribution in [2.45, 2.75) is 13.2 Å². The summed E-state index contributed by atoms with van der Waals surface area (Å²) in [4.78, 5) is 0. The summed E-state index contributed by atoms with van der Waals surface area (Å²) < 4.78 is 11.9. The zero-order chi connectivity index (χ0) is 23.2. The first-order chi connectivity index (χ1) is 16.0. The number of nitrogens with one attached hydrogen (secondary N) is 1. The maximum absolute atomic E-state index is 6.44. The second-order valence-electron chi connectivity index (χ2n) is 7.19. The van der Waals surface area contributed by atoms with Gasteiger partial charge in [-0.25, -0.2) is 0 Å². The lowest BCUT2D eigenvalue weighted by Gasteiger charge is -2.16. The van der Waals surface area contributed by atoms with E-state index in [0.29, 0.717) is 32.4 Å². The van der Waals surface area contributed by atoms with Crippen molar-refractivity contribution in [1.82, 2.24) is 0 Å². The third-order valence-corrected chi connectivity index (χ3v) is 5.87. The fourth-order valence-electron chi connectivity index (χ4n) is 3.16. The minimum absolute atomic E-state index is 0.246. The Morgan fingerprint density at radius 3 is 2.06 bits per heavy atom. The molecule has 1 N–H and O–H groups in total. The first-order valence-corrected chi connectivity index (χ1v) is 11.6. The quantitative estimate of drug-likeness (QED) is 0.252. The molecule has 0 spiro atoms. The van der Waals surface area contributed by atoms with Gasteiger partial charge in [-0.3, -0.25) is 0 Å². The molecular formula is C26H19Cl4NO2. The molecule has 168 valence electrons. The lowest BCUT2D eigenvalue weighted by Crippen LogP contribution is -2.05. The summed E-state index contributed by atoms with van der Waals surface area (Å²) in [7, 11) is 0. The molecule has 3 nitrogen and oxygen atoms in total. The third kappa shape index (κ3) is 6.49. The van der Waals surface area contributed by atoms with Crippen LogP contribution < -0.4 is 14.8 Å². The second-order valence-corrected chi connectivity index (χ2v) is 8.88. The van der Waals surface area contributed by atoms with Gasteiger partial charge < -0.3 is 14.8 Å². The van der Waals surface area contributed by atoms with Crippen molar-refractivity contribution in [2.24, 2.45) is 0 Å². The molecule has 0 aliphatic rings. The first-order valence-electron chi connectivity index (χ1n) is 10.1. The van der Waals surface area contributed by atoms with Gasteiger partial charge in [-0.1, -0.05) is 70.7 Å². The summed E-state index contributed by atoms with van der Waals surface area (Å²) in [5.41, 5.74) is 2.54. The molecule has 0 aliphatic carbocycles. The Morgan fingerprint density at radius 1 is 0.636 bits per heavy atom. The van der Waals surface area contributed by atoms with Crippen LogP contribution in [0.5, 0.6) is 17.2 Å². The molecule has 0 radical (unpaired) electrons. The molecule has 0 saturated carbocycles. The zero-order valence-electron chi connectivity index (χ0n) is 17.3. The number of benzene rings is 4. The highest BCUT2D eigenvalue weighted by Gasteiger charge is 2.13. The number of para-hydroxylation sites is 1. The number of hydrogen-bond acceptors (Lipinski definition) is 3. The molecule has 0 aliphatic heterocycles. The van der Waals surface area contributed by atoms with Crippen LogP contribution in [0.2, 0.25) is 20.1 Å². The predicted molar refractivity (Wildman–Crippen MR) is 138 cm³/mol. The van der Waals surface area contributed by atoms with Crippen LogP contribution in [-0.4, -0.2) is 0 Å². The SMILES string of the molecule is Clc1ccc(COc2c(Cl)cc(Cl)cc2CNc2ccc(Oc3ccccc3)cc2)c(Cl)c1. The van der Waals surface area contributed by atoms with Gasteiger partial charge >= 0.3 is 0 Å². The van der Waals surface area contributed by atoms with E-state index in [-0.39, 0.29) is 6.61 Å². The van der Waals surface area contributed by atoms with Crippen molar-refractivity contribution in [3.63, 3.8) is 0 Å². The van der Waals surface area contributed by atoms with E-state index in [1.54, 1.807) is 18.2 Å². The summed E-state index contributed by atoms with van der Waals surface area (Å²) in [5.74, 6) is 2.08. The number of hydrogen-bond donors (Lipinski definition) is 1. The molecule has 7 heteroatoms. The second kappa shape index (κ2) is 11.0. The molecule has 0 saturated heterocycles. The molecular weight excluding hydrogens is 500 g/mol. The summed E-state index contributed by atoms with van der Waals surface area (Å²) in [6.07, 6.45) is 0. The molecule has 4 rings (SSSR count). The van der Waals surface area contributed by atoms with Crippen LogP contribution in [0.1, 0.15) is 11.1 Å². The van der Waals surface area contributed by atoms with Gasteiger partial charge in [0.2, 0.25) is 0 Å². The Balaban J connectivity index is 1.44. The minimum atomic E-state index is 0.246. The average Bonchev–Trinajstić information content (AvgIpc) is 2.79. The van der Waals surface area contributed by atoms with Gasteiger partial charge in [0.1, 0.15) is 23.9 Å². The van der Waals surface area contributed by atoms with Crippen LogP contribution in [0.3, 0.4) is 0 Å². The molecule has 0 heterocycles. The Morgan fingerprint density at radius 2 is 1.33 bits per heavy atom. The molecule has 0 amide bonds. The Bertz CT molecular complexity index is 1230. The number of rotatable bonds is 8. The van der Waals surface area contributed by atoms with Gasteiger partial charge in [-0.05, 0) is 60.7 Å². The normalized spacial score (nSPS) is 10.7. The molecule has 4 aromatic rings. The monoisotopic (exact) mass is 517 g/mol. The third-order valence-electron chi connectivity index (χ3n) is 4.79. The van der Waals surface area contributed by atoms with Crippen LogP contribution in [0.15, 0.2) is 84.9 Å². The lowest BCUT2D eigenvalue weighted by atomic mass is 10.2. The average molecular weight is 519 g/mol. The maximum atomic E-state index is 6.44. The minimum Gasteiger partial charge on any atom is -0.487 e. The highest BCUT2D eigenvalue weighted by Crippen LogP contribution is 2.34. The van der Waals surface area contributed by atoms with Gasteiger partial charge in [-0.2, -0.15) is 0 Å². The van der Waals surface area contributed by atoms with Crippen LogP contribution in [-0.2, 0) is 13.2 Å². The van der Waals surface area contributed by atoms with Crippen molar-refractivity contribution < 1.29 is 9.47 Å². The summed E-state index contributed by atoms with van der Waals surface area (Å²) in [6, 6.07) is 26.1. The predicted octanol–water partition coefficient (Wildman–Crippen LogP) is 9.28. The molecule has 0 aromatic heterocycles. The van der Waals surface area contributed by atoms with E-state index in [9.17, 15) is 0 Å². The van der Waals surface area contributed by atoms with E-state index >= 15 is 0 Å². The number of ether oxygens (including phenoxy) is 2. The standard InChI is InChI=1S/C26H19Cl4NO2/c27-19-7-6-17(24(29)13-19)16-32-26-18(12-20(28)14-25(26)30)15-31-21-8-10-23(11-9-21)33-22-4-2-1-3-5-22/h1-14,31H,15-16H2. The van der Waals surface area contributed by atoms with Crippen LogP contribution in [0.4, 0.5) is 5.69 Å².